The van der Waals surface area contributed by atoms with Crippen LogP contribution in [0, 0.1) is 6.92 Å². The first-order valence-corrected chi connectivity index (χ1v) is 10.7. The number of aryl methyl sites for hydroxylation is 1. The fourth-order valence-corrected chi connectivity index (χ4v) is 3.83. The van der Waals surface area contributed by atoms with Crippen LogP contribution in [0.4, 0.5) is 0 Å². The molecule has 1 saturated carbocycles. The minimum absolute atomic E-state index is 0.116. The van der Waals surface area contributed by atoms with E-state index in [9.17, 15) is 4.79 Å². The quantitative estimate of drug-likeness (QED) is 0.652. The molecular weight excluding hydrogens is 350 g/mol. The molecule has 1 aliphatic rings. The van der Waals surface area contributed by atoms with Crippen molar-refractivity contribution in [3.8, 4) is 5.75 Å². The van der Waals surface area contributed by atoms with Crippen LogP contribution in [0.2, 0.25) is 0 Å². The van der Waals surface area contributed by atoms with Gasteiger partial charge < -0.3 is 14.5 Å². The molecule has 0 radical (unpaired) electrons. The van der Waals surface area contributed by atoms with Gasteiger partial charge in [0, 0.05) is 6.04 Å². The molecule has 1 amide bonds. The fourth-order valence-electron chi connectivity index (χ4n) is 3.83. The molecule has 3 rings (SSSR count). The van der Waals surface area contributed by atoms with Gasteiger partial charge in [-0.3, -0.25) is 4.79 Å². The summed E-state index contributed by atoms with van der Waals surface area (Å²) in [6, 6.07) is 10.1. The summed E-state index contributed by atoms with van der Waals surface area (Å²) in [7, 11) is 0. The molecule has 2 aromatic rings. The summed E-state index contributed by atoms with van der Waals surface area (Å²) in [5.41, 5.74) is 2.34. The van der Waals surface area contributed by atoms with Crippen LogP contribution in [0.1, 0.15) is 92.2 Å². The topological polar surface area (TPSA) is 51.5 Å². The number of benzene rings is 1. The second-order valence-corrected chi connectivity index (χ2v) is 8.27. The predicted molar refractivity (Wildman–Crippen MR) is 112 cm³/mol. The largest absolute Gasteiger partial charge is 0.485 e. The van der Waals surface area contributed by atoms with E-state index in [2.05, 4.69) is 44.3 Å². The zero-order valence-corrected chi connectivity index (χ0v) is 17.4. The molecule has 152 valence electrons. The third kappa shape index (κ3) is 5.63. The summed E-state index contributed by atoms with van der Waals surface area (Å²) in [5.74, 6) is 2.19. The number of hydrogen-bond donors (Lipinski definition) is 1. The van der Waals surface area contributed by atoms with Gasteiger partial charge in [0.25, 0.3) is 5.91 Å². The van der Waals surface area contributed by atoms with Crippen molar-refractivity contribution in [2.75, 3.05) is 0 Å². The zero-order chi connectivity index (χ0) is 19.9. The standard InChI is InChI=1S/C24H33NO3/c1-17(2)21-13-11-18(3)15-23(21)27-16-20-12-14-22(28-20)24(26)25-19-9-7-5-4-6-8-10-19/h11-15,17,19H,4-10,16H2,1-3H3,(H,25,26). The van der Waals surface area contributed by atoms with E-state index >= 15 is 0 Å². The molecule has 4 heteroatoms. The number of rotatable bonds is 6. The molecule has 4 nitrogen and oxygen atoms in total. The van der Waals surface area contributed by atoms with Crippen molar-refractivity contribution >= 4 is 5.91 Å². The van der Waals surface area contributed by atoms with Crippen molar-refractivity contribution in [1.82, 2.24) is 5.32 Å². The highest BCUT2D eigenvalue weighted by Crippen LogP contribution is 2.28. The van der Waals surface area contributed by atoms with Crippen molar-refractivity contribution in [1.29, 1.82) is 0 Å². The van der Waals surface area contributed by atoms with Crippen molar-refractivity contribution < 1.29 is 13.9 Å². The third-order valence-corrected chi connectivity index (χ3v) is 5.49. The van der Waals surface area contributed by atoms with Crippen molar-refractivity contribution in [2.24, 2.45) is 0 Å². The van der Waals surface area contributed by atoms with Crippen LogP contribution >= 0.6 is 0 Å². The van der Waals surface area contributed by atoms with Crippen LogP contribution in [0.5, 0.6) is 5.75 Å². The van der Waals surface area contributed by atoms with Crippen molar-refractivity contribution in [3.63, 3.8) is 0 Å². The summed E-state index contributed by atoms with van der Waals surface area (Å²) in [4.78, 5) is 12.5. The maximum atomic E-state index is 12.5. The Hall–Kier alpha value is -2.23. The van der Waals surface area contributed by atoms with Crippen molar-refractivity contribution in [3.05, 3.63) is 53.0 Å². The average molecular weight is 384 g/mol. The lowest BCUT2D eigenvalue weighted by atomic mass is 9.97. The third-order valence-electron chi connectivity index (χ3n) is 5.49. The van der Waals surface area contributed by atoms with Crippen LogP contribution in [-0.2, 0) is 6.61 Å². The zero-order valence-electron chi connectivity index (χ0n) is 17.4. The van der Waals surface area contributed by atoms with E-state index in [4.69, 9.17) is 9.15 Å². The summed E-state index contributed by atoms with van der Waals surface area (Å²) < 4.78 is 11.8. The monoisotopic (exact) mass is 383 g/mol. The van der Waals surface area contributed by atoms with E-state index in [0.717, 1.165) is 24.2 Å². The molecule has 0 atom stereocenters. The number of hydrogen-bond acceptors (Lipinski definition) is 3. The summed E-state index contributed by atoms with van der Waals surface area (Å²) in [5, 5.41) is 3.15. The first kappa shape index (κ1) is 20.5. The normalized spacial score (nSPS) is 15.9. The SMILES string of the molecule is Cc1ccc(C(C)C)c(OCc2ccc(C(=O)NC3CCCCCCC3)o2)c1. The van der Waals surface area contributed by atoms with Gasteiger partial charge in [0.15, 0.2) is 5.76 Å². The molecule has 0 saturated heterocycles. The Bertz CT molecular complexity index is 770. The molecule has 1 fully saturated rings. The molecule has 1 aromatic carbocycles. The number of nitrogens with one attached hydrogen (secondary N) is 1. The lowest BCUT2D eigenvalue weighted by Gasteiger charge is -2.20. The van der Waals surface area contributed by atoms with Crippen LogP contribution in [0.3, 0.4) is 0 Å². The second kappa shape index (κ2) is 9.81. The Balaban J connectivity index is 1.58. The number of ether oxygens (including phenoxy) is 1. The van der Waals surface area contributed by atoms with Gasteiger partial charge in [-0.05, 0) is 55.0 Å². The molecule has 1 aromatic heterocycles. The Morgan fingerprint density at radius 1 is 1.11 bits per heavy atom. The molecule has 1 heterocycles. The van der Waals surface area contributed by atoms with Gasteiger partial charge in [0.2, 0.25) is 0 Å². The summed E-state index contributed by atoms with van der Waals surface area (Å²) in [6.45, 7) is 6.69. The Morgan fingerprint density at radius 2 is 1.82 bits per heavy atom. The van der Waals surface area contributed by atoms with Gasteiger partial charge in [-0.15, -0.1) is 0 Å². The van der Waals surface area contributed by atoms with Gasteiger partial charge in [-0.2, -0.15) is 0 Å². The van der Waals surface area contributed by atoms with Crippen LogP contribution in [0.15, 0.2) is 34.7 Å². The number of amides is 1. The highest BCUT2D eigenvalue weighted by molar-refractivity contribution is 5.91. The van der Waals surface area contributed by atoms with E-state index in [1.807, 2.05) is 6.07 Å². The molecule has 1 aliphatic carbocycles. The van der Waals surface area contributed by atoms with Crippen LogP contribution in [0.25, 0.3) is 0 Å². The van der Waals surface area contributed by atoms with Gasteiger partial charge in [0.1, 0.15) is 18.1 Å². The Labute approximate surface area is 168 Å². The predicted octanol–water partition coefficient (Wildman–Crippen LogP) is 6.13. The number of carbonyl (C=O) groups excluding carboxylic acids is 1. The fraction of sp³-hybridized carbons (Fsp3) is 0.542. The van der Waals surface area contributed by atoms with E-state index in [0.29, 0.717) is 24.0 Å². The molecule has 0 bridgehead atoms. The molecule has 0 spiro atoms. The smallest absolute Gasteiger partial charge is 0.287 e. The van der Waals surface area contributed by atoms with E-state index in [-0.39, 0.29) is 11.9 Å². The van der Waals surface area contributed by atoms with Crippen molar-refractivity contribution in [2.45, 2.75) is 84.3 Å². The molecule has 28 heavy (non-hydrogen) atoms. The van der Waals surface area contributed by atoms with Crippen LogP contribution < -0.4 is 10.1 Å². The Morgan fingerprint density at radius 3 is 2.54 bits per heavy atom. The lowest BCUT2D eigenvalue weighted by molar-refractivity contribution is 0.0898. The minimum atomic E-state index is -0.116. The van der Waals surface area contributed by atoms with E-state index < -0.39 is 0 Å². The Kier molecular flexibility index (Phi) is 7.18. The average Bonchev–Trinajstić information content (AvgIpc) is 3.11. The molecular formula is C24H33NO3. The molecule has 0 unspecified atom stereocenters. The summed E-state index contributed by atoms with van der Waals surface area (Å²) in [6.07, 6.45) is 8.37. The first-order chi connectivity index (χ1) is 13.5. The maximum absolute atomic E-state index is 12.5. The summed E-state index contributed by atoms with van der Waals surface area (Å²) >= 11 is 0. The first-order valence-electron chi connectivity index (χ1n) is 10.7. The van der Waals surface area contributed by atoms with E-state index in [1.54, 1.807) is 6.07 Å². The number of carbonyl (C=O) groups is 1. The highest BCUT2D eigenvalue weighted by Gasteiger charge is 2.18. The van der Waals surface area contributed by atoms with Gasteiger partial charge in [0.05, 0.1) is 0 Å². The van der Waals surface area contributed by atoms with Gasteiger partial charge in [-0.25, -0.2) is 0 Å². The van der Waals surface area contributed by atoms with Crippen LogP contribution in [-0.4, -0.2) is 11.9 Å². The maximum Gasteiger partial charge on any atom is 0.287 e. The lowest BCUT2D eigenvalue weighted by Crippen LogP contribution is -2.35. The molecule has 0 aliphatic heterocycles. The molecule has 1 N–H and O–H groups in total. The van der Waals surface area contributed by atoms with E-state index in [1.165, 1.54) is 37.7 Å². The second-order valence-electron chi connectivity index (χ2n) is 8.27. The highest BCUT2D eigenvalue weighted by atomic mass is 16.5. The van der Waals surface area contributed by atoms with Gasteiger partial charge in [-0.1, -0.05) is 58.1 Å². The number of furan rings is 1. The van der Waals surface area contributed by atoms with Gasteiger partial charge >= 0.3 is 0 Å². The minimum Gasteiger partial charge on any atom is -0.485 e.